The summed E-state index contributed by atoms with van der Waals surface area (Å²) >= 11 is 0. The van der Waals surface area contributed by atoms with Gasteiger partial charge in [-0.2, -0.15) is 4.98 Å². The van der Waals surface area contributed by atoms with Crippen LogP contribution in [0.15, 0.2) is 51.4 Å². The van der Waals surface area contributed by atoms with Gasteiger partial charge < -0.3 is 13.8 Å². The average molecular weight is 581 g/mol. The van der Waals surface area contributed by atoms with Gasteiger partial charge in [0.2, 0.25) is 11.8 Å². The molecule has 7 fully saturated rings. The molecule has 7 nitrogen and oxygen atoms in total. The SMILES string of the molecule is Cc1nc2cc(-c3cccc(N(CC45CCC(c6nc(C7CC7)no6)(CC4)CC5)C(=O)CC45CC(F)(C4)C5)c3)ccc2o1. The number of halogens is 1. The molecule has 11 rings (SSSR count). The highest BCUT2D eigenvalue weighted by molar-refractivity contribution is 5.95. The average Bonchev–Trinajstić information content (AvgIpc) is 3.58. The minimum Gasteiger partial charge on any atom is -0.441 e. The number of hydrogen-bond donors (Lipinski definition) is 0. The molecule has 7 saturated carbocycles. The summed E-state index contributed by atoms with van der Waals surface area (Å²) in [5.74, 6) is 3.00. The summed E-state index contributed by atoms with van der Waals surface area (Å²) in [4.78, 5) is 25.6. The summed E-state index contributed by atoms with van der Waals surface area (Å²) in [6.45, 7) is 2.55. The molecule has 0 radical (unpaired) electrons. The van der Waals surface area contributed by atoms with Gasteiger partial charge in [-0.05, 0) is 117 Å². The standard InChI is InChI=1S/C35H37FN4O3/c1-22-37-27-16-25(7-8-28(27)42-22)24-3-2-4-26(15-24)40(29(41)17-33-18-35(36,19-33)20-33)21-32-9-12-34(13-10-32,14-11-32)31-38-30(39-43-31)23-5-6-23/h2-4,7-8,15-16,23H,5-6,9-14,17-21H2,1H3. The lowest BCUT2D eigenvalue weighted by molar-refractivity contribution is -0.215. The highest BCUT2D eigenvalue weighted by atomic mass is 19.1. The number of amides is 1. The number of benzene rings is 2. The molecule has 0 atom stereocenters. The smallest absolute Gasteiger partial charge is 0.232 e. The zero-order valence-corrected chi connectivity index (χ0v) is 24.7. The summed E-state index contributed by atoms with van der Waals surface area (Å²) in [7, 11) is 0. The molecule has 0 saturated heterocycles. The van der Waals surface area contributed by atoms with Crippen molar-refractivity contribution in [2.24, 2.45) is 10.8 Å². The number of carbonyl (C=O) groups excluding carboxylic acids is 1. The third kappa shape index (κ3) is 4.19. The highest BCUT2D eigenvalue weighted by Gasteiger charge is 2.69. The Hall–Kier alpha value is -3.55. The van der Waals surface area contributed by atoms with E-state index in [1.54, 1.807) is 0 Å². The Labute approximate surface area is 250 Å². The molecule has 4 aromatic rings. The normalized spacial score (nSPS) is 32.4. The number of nitrogens with zero attached hydrogens (tertiary/aromatic N) is 4. The van der Waals surface area contributed by atoms with Gasteiger partial charge in [0, 0.05) is 36.9 Å². The number of anilines is 1. The third-order valence-electron chi connectivity index (χ3n) is 11.6. The minimum absolute atomic E-state index is 0.0178. The van der Waals surface area contributed by atoms with Crippen LogP contribution in [0.2, 0.25) is 0 Å². The Kier molecular flexibility index (Phi) is 5.28. The summed E-state index contributed by atoms with van der Waals surface area (Å²) < 4.78 is 25.9. The summed E-state index contributed by atoms with van der Waals surface area (Å²) in [5, 5.41) is 4.32. The van der Waals surface area contributed by atoms with Crippen molar-refractivity contribution in [3.05, 3.63) is 60.1 Å². The van der Waals surface area contributed by atoms with Crippen molar-refractivity contribution < 1.29 is 18.1 Å². The second kappa shape index (κ2) is 8.76. The van der Waals surface area contributed by atoms with Crippen LogP contribution >= 0.6 is 0 Å². The Balaban J connectivity index is 0.999. The van der Waals surface area contributed by atoms with Gasteiger partial charge in [0.15, 0.2) is 17.3 Å². The van der Waals surface area contributed by atoms with Crippen molar-refractivity contribution in [3.8, 4) is 11.1 Å². The fourth-order valence-electron chi connectivity index (χ4n) is 8.98. The zero-order valence-electron chi connectivity index (χ0n) is 24.7. The van der Waals surface area contributed by atoms with Crippen LogP contribution in [0, 0.1) is 17.8 Å². The Bertz CT molecular complexity index is 1720. The van der Waals surface area contributed by atoms with Crippen molar-refractivity contribution in [2.45, 2.75) is 101 Å². The van der Waals surface area contributed by atoms with Gasteiger partial charge in [-0.3, -0.25) is 4.79 Å². The summed E-state index contributed by atoms with van der Waals surface area (Å²) in [6, 6.07) is 14.4. The topological polar surface area (TPSA) is 85.3 Å². The van der Waals surface area contributed by atoms with Gasteiger partial charge in [0.1, 0.15) is 11.2 Å². The molecule has 0 aliphatic heterocycles. The first-order valence-corrected chi connectivity index (χ1v) is 16.0. The predicted octanol–water partition coefficient (Wildman–Crippen LogP) is 7.97. The predicted molar refractivity (Wildman–Crippen MR) is 159 cm³/mol. The molecule has 222 valence electrons. The fourth-order valence-corrected chi connectivity index (χ4v) is 8.98. The maximum atomic E-state index is 14.4. The molecule has 7 aliphatic carbocycles. The monoisotopic (exact) mass is 580 g/mol. The Morgan fingerprint density at radius 2 is 1.70 bits per heavy atom. The lowest BCUT2D eigenvalue weighted by atomic mass is 9.41. The lowest BCUT2D eigenvalue weighted by Crippen LogP contribution is -2.65. The number of carbonyl (C=O) groups is 1. The summed E-state index contributed by atoms with van der Waals surface area (Å²) in [5.41, 5.74) is 3.49. The van der Waals surface area contributed by atoms with Gasteiger partial charge in [-0.15, -0.1) is 0 Å². The molecule has 2 aromatic heterocycles. The molecule has 1 amide bonds. The van der Waals surface area contributed by atoms with E-state index < -0.39 is 5.67 Å². The van der Waals surface area contributed by atoms with E-state index in [2.05, 4.69) is 28.3 Å². The van der Waals surface area contributed by atoms with Gasteiger partial charge in [-0.1, -0.05) is 23.4 Å². The number of fused-ring (bicyclic) bond motifs is 4. The number of alkyl halides is 1. The van der Waals surface area contributed by atoms with Crippen LogP contribution in [-0.2, 0) is 10.2 Å². The largest absolute Gasteiger partial charge is 0.441 e. The van der Waals surface area contributed by atoms with E-state index in [9.17, 15) is 9.18 Å². The first-order valence-electron chi connectivity index (χ1n) is 16.0. The molecule has 43 heavy (non-hydrogen) atoms. The second-order valence-corrected chi connectivity index (χ2v) is 14.8. The van der Waals surface area contributed by atoms with Gasteiger partial charge in [-0.25, -0.2) is 9.37 Å². The molecular weight excluding hydrogens is 543 g/mol. The first-order chi connectivity index (χ1) is 20.7. The number of hydrogen-bond acceptors (Lipinski definition) is 6. The van der Waals surface area contributed by atoms with Crippen molar-refractivity contribution in [1.29, 1.82) is 0 Å². The van der Waals surface area contributed by atoms with Crippen LogP contribution in [0.1, 0.15) is 101 Å². The number of oxazole rings is 1. The minimum atomic E-state index is -1.01. The molecule has 7 aliphatic rings. The van der Waals surface area contributed by atoms with Crippen LogP contribution in [0.4, 0.5) is 10.1 Å². The molecule has 8 heteroatoms. The quantitative estimate of drug-likeness (QED) is 0.210. The van der Waals surface area contributed by atoms with Crippen LogP contribution < -0.4 is 4.90 Å². The zero-order chi connectivity index (χ0) is 29.0. The number of rotatable bonds is 8. The van der Waals surface area contributed by atoms with Gasteiger partial charge in [0.25, 0.3) is 0 Å². The van der Waals surface area contributed by atoms with Crippen LogP contribution in [0.5, 0.6) is 0 Å². The van der Waals surface area contributed by atoms with Crippen molar-refractivity contribution >= 4 is 22.7 Å². The Morgan fingerprint density at radius 1 is 0.953 bits per heavy atom. The lowest BCUT2D eigenvalue weighted by Gasteiger charge is -2.66. The molecule has 2 aromatic carbocycles. The van der Waals surface area contributed by atoms with E-state index in [1.807, 2.05) is 36.1 Å². The van der Waals surface area contributed by atoms with Crippen molar-refractivity contribution in [2.75, 3.05) is 11.4 Å². The van der Waals surface area contributed by atoms with Crippen LogP contribution in [0.25, 0.3) is 22.2 Å². The van der Waals surface area contributed by atoms with E-state index in [1.165, 1.54) is 12.8 Å². The van der Waals surface area contributed by atoms with Crippen LogP contribution in [0.3, 0.4) is 0 Å². The Morgan fingerprint density at radius 3 is 2.42 bits per heavy atom. The first kappa shape index (κ1) is 25.9. The van der Waals surface area contributed by atoms with Gasteiger partial charge in [0.05, 0.1) is 0 Å². The molecule has 0 spiro atoms. The van der Waals surface area contributed by atoms with E-state index in [4.69, 9.17) is 13.9 Å². The molecule has 0 unspecified atom stereocenters. The summed E-state index contributed by atoms with van der Waals surface area (Å²) in [6.07, 6.45) is 10.6. The third-order valence-corrected chi connectivity index (χ3v) is 11.6. The molecule has 2 heterocycles. The molecular formula is C35H37FN4O3. The fraction of sp³-hybridized carbons (Fsp3) is 0.543. The van der Waals surface area contributed by atoms with Crippen molar-refractivity contribution in [1.82, 2.24) is 15.1 Å². The number of aromatic nitrogens is 3. The van der Waals surface area contributed by atoms with E-state index in [0.29, 0.717) is 44.0 Å². The maximum absolute atomic E-state index is 14.4. The molecule has 0 N–H and O–H groups in total. The van der Waals surface area contributed by atoms with E-state index >= 15 is 0 Å². The van der Waals surface area contributed by atoms with E-state index in [0.717, 1.165) is 78.2 Å². The second-order valence-electron chi connectivity index (χ2n) is 14.8. The van der Waals surface area contributed by atoms with Crippen molar-refractivity contribution in [3.63, 3.8) is 0 Å². The van der Waals surface area contributed by atoms with E-state index in [-0.39, 0.29) is 22.2 Å². The van der Waals surface area contributed by atoms with Crippen LogP contribution in [-0.4, -0.2) is 33.2 Å². The van der Waals surface area contributed by atoms with Gasteiger partial charge >= 0.3 is 0 Å². The maximum Gasteiger partial charge on any atom is 0.232 e. The highest BCUT2D eigenvalue weighted by Crippen LogP contribution is 2.71. The number of aryl methyl sites for hydroxylation is 1. The molecule has 4 bridgehead atoms.